The van der Waals surface area contributed by atoms with Crippen LogP contribution in [0.1, 0.15) is 42.4 Å². The lowest BCUT2D eigenvalue weighted by atomic mass is 10.1. The molecule has 3 N–H and O–H groups in total. The molecule has 2 atom stereocenters. The van der Waals surface area contributed by atoms with E-state index in [0.717, 1.165) is 31.5 Å². The van der Waals surface area contributed by atoms with Crippen molar-refractivity contribution >= 4 is 5.91 Å². The normalized spacial score (nSPS) is 23.3. The van der Waals surface area contributed by atoms with Gasteiger partial charge in [-0.15, -0.1) is 0 Å². The van der Waals surface area contributed by atoms with Crippen LogP contribution in [0.4, 0.5) is 0 Å². The van der Waals surface area contributed by atoms with Gasteiger partial charge in [-0.1, -0.05) is 0 Å². The van der Waals surface area contributed by atoms with E-state index in [4.69, 9.17) is 5.73 Å². The molecule has 0 bridgehead atoms. The summed E-state index contributed by atoms with van der Waals surface area (Å²) < 4.78 is 1.74. The lowest BCUT2D eigenvalue weighted by Gasteiger charge is -2.11. The van der Waals surface area contributed by atoms with E-state index in [1.165, 1.54) is 0 Å². The number of nitrogens with one attached hydrogen (secondary N) is 1. The molecule has 1 fully saturated rings. The van der Waals surface area contributed by atoms with Gasteiger partial charge in [-0.05, 0) is 45.1 Å². The Morgan fingerprint density at radius 1 is 1.61 bits per heavy atom. The maximum Gasteiger partial charge on any atom is 0.269 e. The number of nitrogens with zero attached hydrogens (tertiary/aromatic N) is 2. The summed E-state index contributed by atoms with van der Waals surface area (Å²) >= 11 is 0. The average molecular weight is 250 g/mol. The molecular weight excluding hydrogens is 228 g/mol. The monoisotopic (exact) mass is 250 g/mol. The molecule has 0 spiro atoms. The molecule has 18 heavy (non-hydrogen) atoms. The first kappa shape index (κ1) is 13.1. The molecule has 5 nitrogen and oxygen atoms in total. The molecule has 0 saturated heterocycles. The smallest absolute Gasteiger partial charge is 0.269 e. The summed E-state index contributed by atoms with van der Waals surface area (Å²) in [5.74, 6) is 0.501. The predicted molar refractivity (Wildman–Crippen MR) is 70.3 cm³/mol. The van der Waals surface area contributed by atoms with Crippen molar-refractivity contribution in [2.45, 2.75) is 45.7 Å². The average Bonchev–Trinajstić information content (AvgIpc) is 2.92. The fourth-order valence-electron chi connectivity index (χ4n) is 2.60. The summed E-state index contributed by atoms with van der Waals surface area (Å²) in [4.78, 5) is 12.1. The molecule has 2 rings (SSSR count). The molecule has 0 radical (unpaired) electrons. The van der Waals surface area contributed by atoms with Gasteiger partial charge in [0, 0.05) is 19.1 Å². The van der Waals surface area contributed by atoms with E-state index in [-0.39, 0.29) is 5.91 Å². The minimum absolute atomic E-state index is 0.0297. The number of aromatic nitrogens is 2. The Morgan fingerprint density at radius 3 is 3.00 bits per heavy atom. The highest BCUT2D eigenvalue weighted by atomic mass is 16.2. The van der Waals surface area contributed by atoms with Crippen molar-refractivity contribution in [2.24, 2.45) is 11.7 Å². The third-order valence-corrected chi connectivity index (χ3v) is 3.57. The van der Waals surface area contributed by atoms with E-state index >= 15 is 0 Å². The van der Waals surface area contributed by atoms with Crippen LogP contribution in [0.2, 0.25) is 0 Å². The summed E-state index contributed by atoms with van der Waals surface area (Å²) in [5.41, 5.74) is 7.39. The van der Waals surface area contributed by atoms with E-state index in [9.17, 15) is 4.79 Å². The van der Waals surface area contributed by atoms with Gasteiger partial charge in [-0.2, -0.15) is 5.10 Å². The van der Waals surface area contributed by atoms with E-state index in [2.05, 4.69) is 10.4 Å². The second-order valence-corrected chi connectivity index (χ2v) is 5.14. The Balaban J connectivity index is 1.91. The van der Waals surface area contributed by atoms with Crippen LogP contribution in [0.15, 0.2) is 6.07 Å². The molecule has 1 aromatic rings. The molecule has 1 aliphatic rings. The molecule has 2 unspecified atom stereocenters. The van der Waals surface area contributed by atoms with Crippen molar-refractivity contribution in [3.63, 3.8) is 0 Å². The summed E-state index contributed by atoms with van der Waals surface area (Å²) in [6, 6.07) is 2.15. The SMILES string of the molecule is CCn1nc(C)cc1C(=O)NCC1CCC(N)C1. The number of hydrogen-bond donors (Lipinski definition) is 2. The van der Waals surface area contributed by atoms with Crippen LogP contribution < -0.4 is 11.1 Å². The fourth-order valence-corrected chi connectivity index (χ4v) is 2.60. The number of carbonyl (C=O) groups excluding carboxylic acids is 1. The maximum absolute atomic E-state index is 12.1. The highest BCUT2D eigenvalue weighted by Crippen LogP contribution is 2.23. The standard InChI is InChI=1S/C13H22N4O/c1-3-17-12(6-9(2)16-17)13(18)15-8-10-4-5-11(14)7-10/h6,10-11H,3-5,7-8,14H2,1-2H3,(H,15,18). The van der Waals surface area contributed by atoms with Crippen LogP contribution in [0.5, 0.6) is 0 Å². The van der Waals surface area contributed by atoms with Crippen molar-refractivity contribution < 1.29 is 4.79 Å². The van der Waals surface area contributed by atoms with E-state index in [0.29, 0.717) is 24.2 Å². The van der Waals surface area contributed by atoms with Crippen molar-refractivity contribution in [2.75, 3.05) is 6.54 Å². The molecule has 0 aromatic carbocycles. The first-order valence-electron chi connectivity index (χ1n) is 6.68. The third-order valence-electron chi connectivity index (χ3n) is 3.57. The number of carbonyl (C=O) groups is 1. The van der Waals surface area contributed by atoms with Gasteiger partial charge in [-0.3, -0.25) is 9.48 Å². The Morgan fingerprint density at radius 2 is 2.39 bits per heavy atom. The zero-order chi connectivity index (χ0) is 13.1. The Bertz CT molecular complexity index is 427. The molecule has 1 aliphatic carbocycles. The Labute approximate surface area is 108 Å². The molecule has 1 amide bonds. The van der Waals surface area contributed by atoms with Gasteiger partial charge in [0.15, 0.2) is 0 Å². The van der Waals surface area contributed by atoms with Crippen molar-refractivity contribution in [1.82, 2.24) is 15.1 Å². The number of amides is 1. The van der Waals surface area contributed by atoms with Crippen LogP contribution in [-0.4, -0.2) is 28.3 Å². The minimum Gasteiger partial charge on any atom is -0.350 e. The molecule has 1 aromatic heterocycles. The second-order valence-electron chi connectivity index (χ2n) is 5.14. The number of rotatable bonds is 4. The van der Waals surface area contributed by atoms with Gasteiger partial charge in [0.25, 0.3) is 5.91 Å². The van der Waals surface area contributed by atoms with Gasteiger partial charge in [-0.25, -0.2) is 0 Å². The first-order valence-corrected chi connectivity index (χ1v) is 6.68. The molecule has 1 saturated carbocycles. The minimum atomic E-state index is -0.0297. The zero-order valence-corrected chi connectivity index (χ0v) is 11.1. The van der Waals surface area contributed by atoms with Crippen LogP contribution in [-0.2, 0) is 6.54 Å². The number of hydrogen-bond acceptors (Lipinski definition) is 3. The lowest BCUT2D eigenvalue weighted by Crippen LogP contribution is -2.30. The fraction of sp³-hybridized carbons (Fsp3) is 0.692. The number of aryl methyl sites for hydroxylation is 2. The summed E-state index contributed by atoms with van der Waals surface area (Å²) in [6.07, 6.45) is 3.21. The largest absolute Gasteiger partial charge is 0.350 e. The van der Waals surface area contributed by atoms with E-state index < -0.39 is 0 Å². The quantitative estimate of drug-likeness (QED) is 0.839. The Kier molecular flexibility index (Phi) is 4.01. The molecule has 100 valence electrons. The summed E-state index contributed by atoms with van der Waals surface area (Å²) in [7, 11) is 0. The van der Waals surface area contributed by atoms with Gasteiger partial charge >= 0.3 is 0 Å². The van der Waals surface area contributed by atoms with E-state index in [1.54, 1.807) is 4.68 Å². The van der Waals surface area contributed by atoms with Crippen LogP contribution >= 0.6 is 0 Å². The predicted octanol–water partition coefficient (Wildman–Crippen LogP) is 1.07. The van der Waals surface area contributed by atoms with Crippen LogP contribution in [0.3, 0.4) is 0 Å². The van der Waals surface area contributed by atoms with Gasteiger partial charge in [0.2, 0.25) is 0 Å². The lowest BCUT2D eigenvalue weighted by molar-refractivity contribution is 0.0936. The summed E-state index contributed by atoms with van der Waals surface area (Å²) in [6.45, 7) is 5.32. The van der Waals surface area contributed by atoms with Gasteiger partial charge in [0.05, 0.1) is 5.69 Å². The zero-order valence-electron chi connectivity index (χ0n) is 11.1. The highest BCUT2D eigenvalue weighted by Gasteiger charge is 2.22. The maximum atomic E-state index is 12.1. The van der Waals surface area contributed by atoms with E-state index in [1.807, 2.05) is 19.9 Å². The topological polar surface area (TPSA) is 72.9 Å². The molecular formula is C13H22N4O. The Hall–Kier alpha value is -1.36. The van der Waals surface area contributed by atoms with Gasteiger partial charge < -0.3 is 11.1 Å². The first-order chi connectivity index (χ1) is 8.60. The van der Waals surface area contributed by atoms with Crippen LogP contribution in [0, 0.1) is 12.8 Å². The molecule has 1 heterocycles. The van der Waals surface area contributed by atoms with Crippen LogP contribution in [0.25, 0.3) is 0 Å². The highest BCUT2D eigenvalue weighted by molar-refractivity contribution is 5.92. The second kappa shape index (κ2) is 5.52. The van der Waals surface area contributed by atoms with Crippen molar-refractivity contribution in [3.8, 4) is 0 Å². The van der Waals surface area contributed by atoms with Crippen molar-refractivity contribution in [3.05, 3.63) is 17.5 Å². The molecule has 5 heteroatoms. The van der Waals surface area contributed by atoms with Crippen molar-refractivity contribution in [1.29, 1.82) is 0 Å². The number of nitrogens with two attached hydrogens (primary N) is 1. The molecule has 0 aliphatic heterocycles. The van der Waals surface area contributed by atoms with Gasteiger partial charge in [0.1, 0.15) is 5.69 Å². The summed E-state index contributed by atoms with van der Waals surface area (Å²) in [5, 5.41) is 7.27. The third kappa shape index (κ3) is 2.90.